The van der Waals surface area contributed by atoms with Gasteiger partial charge in [0.2, 0.25) is 5.91 Å². The van der Waals surface area contributed by atoms with Crippen LogP contribution in [0.25, 0.3) is 10.9 Å². The topological polar surface area (TPSA) is 132 Å². The quantitative estimate of drug-likeness (QED) is 0.479. The molecule has 1 aromatic carbocycles. The third kappa shape index (κ3) is 4.73. The molecule has 2 aliphatic rings. The highest BCUT2D eigenvalue weighted by atomic mass is 16.5. The van der Waals surface area contributed by atoms with Gasteiger partial charge in [-0.1, -0.05) is 0 Å². The maximum Gasteiger partial charge on any atom is 0.329 e. The van der Waals surface area contributed by atoms with Gasteiger partial charge in [-0.2, -0.15) is 5.26 Å². The first kappa shape index (κ1) is 22.9. The molecular formula is C23H30N6O4. The summed E-state index contributed by atoms with van der Waals surface area (Å²) in [5.74, 6) is 0.705. The van der Waals surface area contributed by atoms with Crippen LogP contribution in [0.4, 0.5) is 5.69 Å². The van der Waals surface area contributed by atoms with Gasteiger partial charge in [-0.05, 0) is 37.3 Å². The van der Waals surface area contributed by atoms with E-state index in [1.807, 2.05) is 6.07 Å². The first-order valence-electron chi connectivity index (χ1n) is 11.4. The maximum atomic E-state index is 12.6. The molecule has 1 aliphatic heterocycles. The van der Waals surface area contributed by atoms with Crippen molar-refractivity contribution in [3.05, 3.63) is 33.0 Å². The summed E-state index contributed by atoms with van der Waals surface area (Å²) in [4.78, 5) is 41.2. The summed E-state index contributed by atoms with van der Waals surface area (Å²) < 4.78 is 7.45. The molecule has 1 aliphatic carbocycles. The molecule has 2 heterocycles. The van der Waals surface area contributed by atoms with E-state index in [4.69, 9.17) is 10.00 Å². The molecule has 2 fully saturated rings. The fourth-order valence-electron chi connectivity index (χ4n) is 4.75. The van der Waals surface area contributed by atoms with Crippen molar-refractivity contribution in [1.29, 1.82) is 5.26 Å². The molecule has 4 rings (SSSR count). The number of hydrogen-bond acceptors (Lipinski definition) is 7. The van der Waals surface area contributed by atoms with E-state index in [1.165, 1.54) is 6.92 Å². The largest absolute Gasteiger partial charge is 0.492 e. The number of ether oxygens (including phenoxy) is 1. The number of methoxy groups -OCH3 is 1. The zero-order valence-electron chi connectivity index (χ0n) is 19.0. The van der Waals surface area contributed by atoms with Gasteiger partial charge in [-0.25, -0.2) is 4.79 Å². The van der Waals surface area contributed by atoms with Crippen molar-refractivity contribution in [3.63, 3.8) is 0 Å². The number of carbonyl (C=O) groups is 1. The van der Waals surface area contributed by atoms with Gasteiger partial charge < -0.3 is 20.3 Å². The highest BCUT2D eigenvalue weighted by molar-refractivity contribution is 5.90. The van der Waals surface area contributed by atoms with Crippen LogP contribution in [0, 0.1) is 17.2 Å². The molecular weight excluding hydrogens is 424 g/mol. The summed E-state index contributed by atoms with van der Waals surface area (Å²) in [5.41, 5.74) is 0.591. The van der Waals surface area contributed by atoms with Crippen LogP contribution in [0.15, 0.2) is 21.7 Å². The second kappa shape index (κ2) is 9.67. The molecule has 3 N–H and O–H groups in total. The second-order valence-corrected chi connectivity index (χ2v) is 8.78. The van der Waals surface area contributed by atoms with Crippen molar-refractivity contribution in [1.82, 2.24) is 20.2 Å². The zero-order valence-corrected chi connectivity index (χ0v) is 19.0. The fraction of sp³-hybridized carbons (Fsp3) is 0.565. The number of carbonyl (C=O) groups excluding carboxylic acids is 1. The Hall–Kier alpha value is -3.32. The average molecular weight is 455 g/mol. The molecule has 1 amide bonds. The van der Waals surface area contributed by atoms with Gasteiger partial charge in [0.1, 0.15) is 5.52 Å². The Kier molecular flexibility index (Phi) is 6.70. The van der Waals surface area contributed by atoms with E-state index >= 15 is 0 Å². The van der Waals surface area contributed by atoms with Crippen LogP contribution >= 0.6 is 0 Å². The second-order valence-electron chi connectivity index (χ2n) is 8.78. The fourth-order valence-corrected chi connectivity index (χ4v) is 4.75. The monoisotopic (exact) mass is 454 g/mol. The summed E-state index contributed by atoms with van der Waals surface area (Å²) >= 11 is 0. The van der Waals surface area contributed by atoms with Crippen LogP contribution in [-0.4, -0.2) is 54.8 Å². The first-order valence-corrected chi connectivity index (χ1v) is 11.4. The lowest BCUT2D eigenvalue weighted by Crippen LogP contribution is -2.46. The van der Waals surface area contributed by atoms with Crippen LogP contribution < -0.4 is 31.5 Å². The van der Waals surface area contributed by atoms with Crippen molar-refractivity contribution < 1.29 is 9.53 Å². The van der Waals surface area contributed by atoms with Crippen molar-refractivity contribution in [2.45, 2.75) is 44.7 Å². The number of nitrogens with zero attached hydrogens (tertiary/aromatic N) is 3. The Labute approximate surface area is 191 Å². The standard InChI is InChI=1S/C23H30N6O4/c1-14(30)26-12-18(25-10-3-9-24)15-8-11-28(13-15)19-7-6-17-20(21(19)33-2)29(16-4-5-16)23(32)27-22(17)31/h6-7,15-16,18,25H,3-5,8,10-13H2,1-2H3,(H,26,30)(H,27,31,32). The molecule has 176 valence electrons. The van der Waals surface area contributed by atoms with Crippen molar-refractivity contribution in [3.8, 4) is 11.8 Å². The zero-order chi connectivity index (χ0) is 23.5. The number of nitrogens with one attached hydrogen (secondary N) is 3. The average Bonchev–Trinajstić information content (AvgIpc) is 3.50. The number of fused-ring (bicyclic) bond motifs is 1. The molecule has 2 unspecified atom stereocenters. The Morgan fingerprint density at radius 1 is 1.33 bits per heavy atom. The third-order valence-corrected chi connectivity index (χ3v) is 6.50. The molecule has 2 aromatic rings. The SMILES string of the molecule is COc1c(N2CCC(C(CNC(C)=O)NCCC#N)C2)ccc2c(=O)[nH]c(=O)n(C3CC3)c12. The molecule has 2 atom stereocenters. The number of aromatic nitrogens is 2. The summed E-state index contributed by atoms with van der Waals surface area (Å²) in [6.45, 7) is 4.05. The van der Waals surface area contributed by atoms with Crippen LogP contribution in [0.5, 0.6) is 5.75 Å². The van der Waals surface area contributed by atoms with Crippen LogP contribution in [0.2, 0.25) is 0 Å². The Morgan fingerprint density at radius 2 is 2.12 bits per heavy atom. The molecule has 0 spiro atoms. The van der Waals surface area contributed by atoms with E-state index in [9.17, 15) is 14.4 Å². The minimum Gasteiger partial charge on any atom is -0.492 e. The van der Waals surface area contributed by atoms with E-state index in [1.54, 1.807) is 17.7 Å². The van der Waals surface area contributed by atoms with Crippen LogP contribution in [-0.2, 0) is 4.79 Å². The number of amides is 1. The predicted molar refractivity (Wildman–Crippen MR) is 125 cm³/mol. The third-order valence-electron chi connectivity index (χ3n) is 6.50. The van der Waals surface area contributed by atoms with E-state index in [2.05, 4.69) is 26.6 Å². The van der Waals surface area contributed by atoms with Crippen LogP contribution in [0.3, 0.4) is 0 Å². The van der Waals surface area contributed by atoms with E-state index < -0.39 is 11.2 Å². The molecule has 10 heteroatoms. The first-order chi connectivity index (χ1) is 15.9. The van der Waals surface area contributed by atoms with E-state index in [0.717, 1.165) is 38.0 Å². The number of H-pyrrole nitrogens is 1. The maximum absolute atomic E-state index is 12.6. The molecule has 33 heavy (non-hydrogen) atoms. The van der Waals surface area contributed by atoms with E-state index in [-0.39, 0.29) is 23.9 Å². The molecule has 0 bridgehead atoms. The molecule has 1 saturated carbocycles. The molecule has 1 saturated heterocycles. The summed E-state index contributed by atoms with van der Waals surface area (Å²) in [7, 11) is 1.57. The Bertz CT molecular complexity index is 1190. The number of anilines is 1. The number of nitriles is 1. The highest BCUT2D eigenvalue weighted by Gasteiger charge is 2.33. The Balaban J connectivity index is 1.65. The van der Waals surface area contributed by atoms with Crippen molar-refractivity contribution in [2.75, 3.05) is 38.2 Å². The smallest absolute Gasteiger partial charge is 0.329 e. The number of hydrogen-bond donors (Lipinski definition) is 3. The van der Waals surface area contributed by atoms with Gasteiger partial charge in [0.15, 0.2) is 5.75 Å². The number of aromatic amines is 1. The van der Waals surface area contributed by atoms with Gasteiger partial charge in [0.05, 0.1) is 24.3 Å². The van der Waals surface area contributed by atoms with Gasteiger partial charge in [-0.15, -0.1) is 0 Å². The number of rotatable bonds is 9. The molecule has 0 radical (unpaired) electrons. The normalized spacial score (nSPS) is 18.8. The van der Waals surface area contributed by atoms with Gasteiger partial charge in [0, 0.05) is 51.6 Å². The van der Waals surface area contributed by atoms with Gasteiger partial charge >= 0.3 is 5.69 Å². The highest BCUT2D eigenvalue weighted by Crippen LogP contribution is 2.42. The lowest BCUT2D eigenvalue weighted by molar-refractivity contribution is -0.119. The van der Waals surface area contributed by atoms with Crippen molar-refractivity contribution >= 4 is 22.5 Å². The summed E-state index contributed by atoms with van der Waals surface area (Å²) in [5, 5.41) is 15.6. The minimum atomic E-state index is -0.409. The lowest BCUT2D eigenvalue weighted by Gasteiger charge is -2.27. The minimum absolute atomic E-state index is 0.0335. The van der Waals surface area contributed by atoms with Gasteiger partial charge in [0.25, 0.3) is 5.56 Å². The van der Waals surface area contributed by atoms with Gasteiger partial charge in [-0.3, -0.25) is 19.1 Å². The molecule has 1 aromatic heterocycles. The summed E-state index contributed by atoms with van der Waals surface area (Å²) in [6, 6.07) is 5.90. The summed E-state index contributed by atoms with van der Waals surface area (Å²) in [6.07, 6.45) is 3.10. The van der Waals surface area contributed by atoms with Crippen LogP contribution in [0.1, 0.15) is 38.6 Å². The molecule has 10 nitrogen and oxygen atoms in total. The lowest BCUT2D eigenvalue weighted by atomic mass is 9.98. The van der Waals surface area contributed by atoms with E-state index in [0.29, 0.717) is 36.2 Å². The van der Waals surface area contributed by atoms with Crippen molar-refractivity contribution in [2.24, 2.45) is 5.92 Å². The Morgan fingerprint density at radius 3 is 2.79 bits per heavy atom. The predicted octanol–water partition coefficient (Wildman–Crippen LogP) is 0.868. The number of benzene rings is 1.